The molecule has 2 aromatic carbocycles. The number of aromatic nitrogens is 2. The summed E-state index contributed by atoms with van der Waals surface area (Å²) in [4.78, 5) is 20.5. The van der Waals surface area contributed by atoms with Crippen LogP contribution in [0.5, 0.6) is 0 Å². The van der Waals surface area contributed by atoms with Gasteiger partial charge in [0.15, 0.2) is 5.52 Å². The quantitative estimate of drug-likeness (QED) is 0.534. The highest BCUT2D eigenvalue weighted by Gasteiger charge is 2.11. The Bertz CT molecular complexity index is 1020. The van der Waals surface area contributed by atoms with Crippen LogP contribution in [0.3, 0.4) is 0 Å². The van der Waals surface area contributed by atoms with E-state index in [9.17, 15) is 4.79 Å². The molecule has 0 bridgehead atoms. The number of benzene rings is 2. The van der Waals surface area contributed by atoms with Gasteiger partial charge < -0.3 is 4.42 Å². The fourth-order valence-corrected chi connectivity index (χ4v) is 2.44. The molecule has 0 aliphatic carbocycles. The van der Waals surface area contributed by atoms with Gasteiger partial charge in [0.2, 0.25) is 5.89 Å². The van der Waals surface area contributed by atoms with Crippen molar-refractivity contribution in [2.24, 2.45) is 0 Å². The maximum absolute atomic E-state index is 12.0. The molecular formula is C17H10N2O2. The van der Waals surface area contributed by atoms with Crippen molar-refractivity contribution in [1.29, 1.82) is 0 Å². The number of nitrogens with zero attached hydrogens (tertiary/aromatic N) is 2. The van der Waals surface area contributed by atoms with Gasteiger partial charge >= 0.3 is 5.63 Å². The Morgan fingerprint density at radius 1 is 0.905 bits per heavy atom. The molecule has 2 aromatic heterocycles. The van der Waals surface area contributed by atoms with E-state index in [1.165, 1.54) is 0 Å². The zero-order chi connectivity index (χ0) is 14.2. The van der Waals surface area contributed by atoms with E-state index in [-0.39, 0.29) is 5.52 Å². The SMILES string of the molecule is O=c1oc(-c2cccc3ccccc23)nc2cccnc12. The zero-order valence-corrected chi connectivity index (χ0v) is 11.0. The van der Waals surface area contributed by atoms with E-state index in [2.05, 4.69) is 9.97 Å². The van der Waals surface area contributed by atoms with Gasteiger partial charge in [-0.3, -0.25) is 0 Å². The minimum atomic E-state index is -0.469. The first-order valence-corrected chi connectivity index (χ1v) is 6.57. The summed E-state index contributed by atoms with van der Waals surface area (Å²) in [5, 5.41) is 2.07. The molecule has 0 unspecified atom stereocenters. The third-order valence-electron chi connectivity index (χ3n) is 3.41. The van der Waals surface area contributed by atoms with Gasteiger partial charge in [0, 0.05) is 11.8 Å². The molecule has 0 amide bonds. The van der Waals surface area contributed by atoms with Crippen molar-refractivity contribution in [2.75, 3.05) is 0 Å². The average Bonchev–Trinajstić information content (AvgIpc) is 2.54. The minimum absolute atomic E-state index is 0.251. The van der Waals surface area contributed by atoms with Crippen LogP contribution in [0.2, 0.25) is 0 Å². The number of hydrogen-bond donors (Lipinski definition) is 0. The molecule has 100 valence electrons. The monoisotopic (exact) mass is 274 g/mol. The number of rotatable bonds is 1. The van der Waals surface area contributed by atoms with Crippen molar-refractivity contribution >= 4 is 21.8 Å². The van der Waals surface area contributed by atoms with Crippen LogP contribution < -0.4 is 5.63 Å². The van der Waals surface area contributed by atoms with Crippen LogP contribution in [0.25, 0.3) is 33.3 Å². The van der Waals surface area contributed by atoms with Crippen molar-refractivity contribution in [3.05, 3.63) is 71.2 Å². The smallest absolute Gasteiger partial charge is 0.365 e. The lowest BCUT2D eigenvalue weighted by atomic mass is 10.0. The molecule has 0 fully saturated rings. The van der Waals surface area contributed by atoms with E-state index in [1.807, 2.05) is 42.5 Å². The molecule has 0 atom stereocenters. The standard InChI is InChI=1S/C17H10N2O2/c20-17-15-14(9-4-10-18-15)19-16(21-17)13-8-3-6-11-5-1-2-7-12(11)13/h1-10H. The van der Waals surface area contributed by atoms with Gasteiger partial charge in [-0.2, -0.15) is 0 Å². The predicted molar refractivity (Wildman–Crippen MR) is 81.0 cm³/mol. The zero-order valence-electron chi connectivity index (χ0n) is 11.0. The van der Waals surface area contributed by atoms with E-state index in [0.29, 0.717) is 11.4 Å². The van der Waals surface area contributed by atoms with Gasteiger partial charge in [0.05, 0.1) is 0 Å². The molecule has 0 saturated heterocycles. The maximum atomic E-state index is 12.0. The number of pyridine rings is 1. The summed E-state index contributed by atoms with van der Waals surface area (Å²) in [5.74, 6) is 0.317. The summed E-state index contributed by atoms with van der Waals surface area (Å²) in [6, 6.07) is 17.3. The van der Waals surface area contributed by atoms with Crippen LogP contribution in [0.1, 0.15) is 0 Å². The first-order valence-electron chi connectivity index (χ1n) is 6.57. The van der Waals surface area contributed by atoms with Gasteiger partial charge in [-0.25, -0.2) is 14.8 Å². The first kappa shape index (κ1) is 11.8. The lowest BCUT2D eigenvalue weighted by Crippen LogP contribution is -2.04. The average molecular weight is 274 g/mol. The lowest BCUT2D eigenvalue weighted by molar-refractivity contribution is 0.517. The van der Waals surface area contributed by atoms with Gasteiger partial charge in [-0.05, 0) is 29.0 Å². The Balaban J connectivity index is 2.07. The largest absolute Gasteiger partial charge is 0.402 e. The molecule has 4 heteroatoms. The second kappa shape index (κ2) is 4.52. The Hall–Kier alpha value is -3.01. The normalized spacial score (nSPS) is 11.0. The van der Waals surface area contributed by atoms with Gasteiger partial charge in [-0.15, -0.1) is 0 Å². The van der Waals surface area contributed by atoms with Crippen molar-refractivity contribution in [3.8, 4) is 11.5 Å². The Morgan fingerprint density at radius 3 is 2.71 bits per heavy atom. The molecule has 2 heterocycles. The van der Waals surface area contributed by atoms with Gasteiger partial charge in [0.25, 0.3) is 0 Å². The summed E-state index contributed by atoms with van der Waals surface area (Å²) in [6.07, 6.45) is 1.55. The summed E-state index contributed by atoms with van der Waals surface area (Å²) in [7, 11) is 0. The topological polar surface area (TPSA) is 56.0 Å². The third kappa shape index (κ3) is 1.89. The molecule has 4 nitrogen and oxygen atoms in total. The molecule has 0 aliphatic heterocycles. The fraction of sp³-hybridized carbons (Fsp3) is 0. The van der Waals surface area contributed by atoms with E-state index < -0.39 is 5.63 Å². The minimum Gasteiger partial charge on any atom is -0.402 e. The molecule has 0 N–H and O–H groups in total. The molecule has 0 aliphatic rings. The lowest BCUT2D eigenvalue weighted by Gasteiger charge is -2.05. The van der Waals surface area contributed by atoms with Crippen molar-refractivity contribution in [1.82, 2.24) is 9.97 Å². The van der Waals surface area contributed by atoms with E-state index >= 15 is 0 Å². The molecular weight excluding hydrogens is 264 g/mol. The summed E-state index contributed by atoms with van der Waals surface area (Å²) in [5.41, 5.74) is 1.12. The molecule has 0 spiro atoms. The van der Waals surface area contributed by atoms with Crippen LogP contribution in [-0.4, -0.2) is 9.97 Å². The molecule has 0 radical (unpaired) electrons. The Labute approximate surface area is 119 Å². The molecule has 21 heavy (non-hydrogen) atoms. The highest BCUT2D eigenvalue weighted by molar-refractivity contribution is 5.95. The van der Waals surface area contributed by atoms with Crippen LogP contribution >= 0.6 is 0 Å². The second-order valence-corrected chi connectivity index (χ2v) is 4.70. The maximum Gasteiger partial charge on any atom is 0.365 e. The van der Waals surface area contributed by atoms with Crippen LogP contribution in [0.4, 0.5) is 0 Å². The summed E-state index contributed by atoms with van der Waals surface area (Å²) < 4.78 is 5.36. The fourth-order valence-electron chi connectivity index (χ4n) is 2.44. The predicted octanol–water partition coefficient (Wildman–Crippen LogP) is 3.40. The molecule has 4 aromatic rings. The van der Waals surface area contributed by atoms with Crippen LogP contribution in [-0.2, 0) is 0 Å². The van der Waals surface area contributed by atoms with Crippen LogP contribution in [0.15, 0.2) is 70.0 Å². The second-order valence-electron chi connectivity index (χ2n) is 4.70. The van der Waals surface area contributed by atoms with E-state index in [1.54, 1.807) is 18.3 Å². The highest BCUT2D eigenvalue weighted by atomic mass is 16.4. The third-order valence-corrected chi connectivity index (χ3v) is 3.41. The van der Waals surface area contributed by atoms with Gasteiger partial charge in [-0.1, -0.05) is 36.4 Å². The Morgan fingerprint density at radius 2 is 1.76 bits per heavy atom. The summed E-state index contributed by atoms with van der Waals surface area (Å²) in [6.45, 7) is 0. The van der Waals surface area contributed by atoms with Gasteiger partial charge in [0.1, 0.15) is 5.52 Å². The first-order chi connectivity index (χ1) is 10.3. The molecule has 0 saturated carbocycles. The van der Waals surface area contributed by atoms with E-state index in [4.69, 9.17) is 4.42 Å². The summed E-state index contributed by atoms with van der Waals surface area (Å²) >= 11 is 0. The number of hydrogen-bond acceptors (Lipinski definition) is 4. The van der Waals surface area contributed by atoms with E-state index in [0.717, 1.165) is 16.3 Å². The van der Waals surface area contributed by atoms with Crippen molar-refractivity contribution < 1.29 is 4.42 Å². The molecule has 4 rings (SSSR count). The van der Waals surface area contributed by atoms with Crippen molar-refractivity contribution in [3.63, 3.8) is 0 Å². The van der Waals surface area contributed by atoms with Crippen LogP contribution in [0, 0.1) is 0 Å². The Kier molecular flexibility index (Phi) is 2.54. The number of fused-ring (bicyclic) bond motifs is 2. The van der Waals surface area contributed by atoms with Crippen molar-refractivity contribution in [2.45, 2.75) is 0 Å². The highest BCUT2D eigenvalue weighted by Crippen LogP contribution is 2.27.